The average molecular weight is 788 g/mol. The molecule has 1 aliphatic heterocycles. The number of aromatic nitrogens is 2. The predicted molar refractivity (Wildman–Crippen MR) is 215 cm³/mol. The Balaban J connectivity index is 1.27. The number of hydrogen-bond acceptors (Lipinski definition) is 8. The molecule has 1 saturated heterocycles. The van der Waals surface area contributed by atoms with E-state index in [-0.39, 0.29) is 28.0 Å². The summed E-state index contributed by atoms with van der Waals surface area (Å²) in [5, 5.41) is 0.381. The van der Waals surface area contributed by atoms with Gasteiger partial charge in [-0.05, 0) is 113 Å². The number of carbonyl (C=O) groups excluding carboxylic acids is 1. The highest BCUT2D eigenvalue weighted by molar-refractivity contribution is 7.90. The molecule has 5 aromatic rings. The highest BCUT2D eigenvalue weighted by atomic mass is 32.2. The molecular formula is C42H49N3O8S2. The molecule has 6 rings (SSSR count). The molecular weight excluding hydrogens is 739 g/mol. The minimum atomic E-state index is -4.13. The van der Waals surface area contributed by atoms with E-state index in [1.165, 1.54) is 22.9 Å². The van der Waals surface area contributed by atoms with Crippen molar-refractivity contribution in [3.05, 3.63) is 112 Å². The molecule has 0 bridgehead atoms. The van der Waals surface area contributed by atoms with E-state index in [2.05, 4.69) is 0 Å². The summed E-state index contributed by atoms with van der Waals surface area (Å²) in [6.07, 6.45) is 6.47. The molecule has 0 spiro atoms. The minimum Gasteiger partial charge on any atom is -0.457 e. The minimum absolute atomic E-state index is 0.0258. The molecule has 55 heavy (non-hydrogen) atoms. The Morgan fingerprint density at radius 1 is 0.873 bits per heavy atom. The van der Waals surface area contributed by atoms with E-state index in [0.717, 1.165) is 40.8 Å². The molecule has 2 aromatic heterocycles. The van der Waals surface area contributed by atoms with Crippen LogP contribution in [0.1, 0.15) is 63.6 Å². The van der Waals surface area contributed by atoms with E-state index >= 15 is 0 Å². The summed E-state index contributed by atoms with van der Waals surface area (Å²) in [5.41, 5.74) is 2.56. The number of sulfone groups is 1. The summed E-state index contributed by atoms with van der Waals surface area (Å²) < 4.78 is 67.3. The van der Waals surface area contributed by atoms with Gasteiger partial charge < -0.3 is 18.9 Å². The fraction of sp³-hybridized carbons (Fsp3) is 0.381. The summed E-state index contributed by atoms with van der Waals surface area (Å²) >= 11 is 0. The second-order valence-corrected chi connectivity index (χ2v) is 19.5. The Bertz CT molecular complexity index is 2470. The maximum Gasteiger partial charge on any atom is 0.410 e. The van der Waals surface area contributed by atoms with Gasteiger partial charge in [-0.1, -0.05) is 42.8 Å². The second kappa shape index (κ2) is 15.7. The van der Waals surface area contributed by atoms with Crippen LogP contribution in [0.3, 0.4) is 0 Å². The Morgan fingerprint density at radius 2 is 1.53 bits per heavy atom. The van der Waals surface area contributed by atoms with Crippen molar-refractivity contribution < 1.29 is 31.1 Å². The van der Waals surface area contributed by atoms with Crippen molar-refractivity contribution in [2.75, 3.05) is 18.8 Å². The maximum absolute atomic E-state index is 13.8. The summed E-state index contributed by atoms with van der Waals surface area (Å²) in [6.45, 7) is 10.5. The first-order valence-corrected chi connectivity index (χ1v) is 21.8. The Hall–Kier alpha value is -4.88. The fourth-order valence-corrected chi connectivity index (χ4v) is 9.08. The Morgan fingerprint density at radius 3 is 2.16 bits per heavy atom. The van der Waals surface area contributed by atoms with Crippen molar-refractivity contribution in [1.82, 2.24) is 13.4 Å². The molecule has 3 heterocycles. The van der Waals surface area contributed by atoms with Gasteiger partial charge in [0.25, 0.3) is 15.6 Å². The number of amides is 1. The summed E-state index contributed by atoms with van der Waals surface area (Å²) in [4.78, 5) is 27.9. The van der Waals surface area contributed by atoms with Gasteiger partial charge in [0.05, 0.1) is 10.6 Å². The van der Waals surface area contributed by atoms with Crippen LogP contribution in [0.25, 0.3) is 22.0 Å². The Kier molecular flexibility index (Phi) is 11.4. The van der Waals surface area contributed by atoms with Crippen molar-refractivity contribution in [1.29, 1.82) is 0 Å². The number of rotatable bonds is 11. The van der Waals surface area contributed by atoms with E-state index in [1.807, 2.05) is 52.0 Å². The summed E-state index contributed by atoms with van der Waals surface area (Å²) in [6, 6.07) is 21.0. The molecule has 1 fully saturated rings. The average Bonchev–Trinajstić information content (AvgIpc) is 3.60. The number of carbonyl (C=O) groups is 1. The van der Waals surface area contributed by atoms with Crippen LogP contribution in [0.2, 0.25) is 0 Å². The molecule has 1 aliphatic rings. The quantitative estimate of drug-likeness (QED) is 0.132. The second-order valence-electron chi connectivity index (χ2n) is 15.4. The number of piperidine rings is 1. The predicted octanol–water partition coefficient (Wildman–Crippen LogP) is 7.86. The molecule has 11 nitrogen and oxygen atoms in total. The van der Waals surface area contributed by atoms with Crippen LogP contribution in [-0.4, -0.2) is 60.8 Å². The third-order valence-electron chi connectivity index (χ3n) is 9.98. The lowest BCUT2D eigenvalue weighted by Gasteiger charge is -2.33. The zero-order valence-electron chi connectivity index (χ0n) is 32.2. The fourth-order valence-electron chi connectivity index (χ4n) is 6.84. The molecule has 0 N–H and O–H groups in total. The largest absolute Gasteiger partial charge is 0.457 e. The summed E-state index contributed by atoms with van der Waals surface area (Å²) in [5.74, 6) is 1.26. The highest BCUT2D eigenvalue weighted by Gasteiger charge is 2.27. The topological polar surface area (TPSA) is 134 Å². The third-order valence-corrected chi connectivity index (χ3v) is 13.3. The van der Waals surface area contributed by atoms with Crippen LogP contribution in [0.15, 0.2) is 94.9 Å². The highest BCUT2D eigenvalue weighted by Crippen LogP contribution is 2.39. The first kappa shape index (κ1) is 39.8. The number of hydrogen-bond donors (Lipinski definition) is 0. The van der Waals surface area contributed by atoms with Crippen molar-refractivity contribution in [3.8, 4) is 22.6 Å². The van der Waals surface area contributed by atoms with Gasteiger partial charge in [-0.15, -0.1) is 0 Å². The van der Waals surface area contributed by atoms with Gasteiger partial charge in [0.1, 0.15) is 22.6 Å². The normalized spacial score (nSPS) is 14.3. The van der Waals surface area contributed by atoms with E-state index in [1.54, 1.807) is 61.5 Å². The lowest BCUT2D eigenvalue weighted by atomic mass is 9.90. The number of pyridine rings is 1. The molecule has 3 aromatic carbocycles. The molecule has 0 unspecified atom stereocenters. The maximum atomic E-state index is 13.8. The van der Waals surface area contributed by atoms with Gasteiger partial charge in [0.15, 0.2) is 9.84 Å². The third kappa shape index (κ3) is 9.16. The van der Waals surface area contributed by atoms with E-state index in [9.17, 15) is 26.4 Å². The van der Waals surface area contributed by atoms with E-state index in [0.29, 0.717) is 52.6 Å². The number of nitrogens with zero attached hydrogens (tertiary/aromatic N) is 3. The SMILES string of the molecule is CCS(=O)(=O)Cc1ccc(Oc2ccc(CCC3CCN(C(=O)OC(C)(C)C)CC3)cc2)c(-c2cn(C)c(=O)c3c2ccn3S(=O)(=O)c2ccc(C)cc2)c1. The van der Waals surface area contributed by atoms with Crippen LogP contribution in [0.4, 0.5) is 4.79 Å². The number of benzene rings is 3. The van der Waals surface area contributed by atoms with Crippen LogP contribution in [0.5, 0.6) is 11.5 Å². The van der Waals surface area contributed by atoms with Gasteiger partial charge in [-0.25, -0.2) is 25.6 Å². The smallest absolute Gasteiger partial charge is 0.410 e. The number of aryl methyl sites for hydroxylation is 3. The van der Waals surface area contributed by atoms with Gasteiger partial charge in [0.2, 0.25) is 0 Å². The van der Waals surface area contributed by atoms with Crippen LogP contribution < -0.4 is 10.3 Å². The number of fused-ring (bicyclic) bond motifs is 1. The number of ether oxygens (including phenoxy) is 2. The van der Waals surface area contributed by atoms with Crippen LogP contribution in [-0.2, 0) is 43.8 Å². The zero-order valence-corrected chi connectivity index (χ0v) is 33.9. The summed E-state index contributed by atoms with van der Waals surface area (Å²) in [7, 11) is -5.96. The van der Waals surface area contributed by atoms with Gasteiger partial charge in [-0.2, -0.15) is 0 Å². The van der Waals surface area contributed by atoms with E-state index in [4.69, 9.17) is 9.47 Å². The van der Waals surface area contributed by atoms with Gasteiger partial charge >= 0.3 is 6.09 Å². The van der Waals surface area contributed by atoms with Crippen molar-refractivity contribution >= 4 is 36.9 Å². The lowest BCUT2D eigenvalue weighted by Crippen LogP contribution is -2.41. The molecule has 292 valence electrons. The molecule has 0 saturated carbocycles. The monoisotopic (exact) mass is 787 g/mol. The van der Waals surface area contributed by atoms with Crippen molar-refractivity contribution in [3.63, 3.8) is 0 Å². The van der Waals surface area contributed by atoms with Crippen molar-refractivity contribution in [2.24, 2.45) is 13.0 Å². The van der Waals surface area contributed by atoms with Gasteiger partial charge in [-0.3, -0.25) is 4.79 Å². The number of likely N-dealkylation sites (tertiary alicyclic amines) is 1. The molecule has 0 aliphatic carbocycles. The van der Waals surface area contributed by atoms with Crippen LogP contribution in [0, 0.1) is 12.8 Å². The zero-order chi connectivity index (χ0) is 39.7. The molecule has 13 heteroatoms. The molecule has 1 amide bonds. The molecule has 0 atom stereocenters. The lowest BCUT2D eigenvalue weighted by molar-refractivity contribution is 0.0181. The first-order chi connectivity index (χ1) is 25.9. The molecule has 0 radical (unpaired) electrons. The van der Waals surface area contributed by atoms with Crippen LogP contribution >= 0.6 is 0 Å². The van der Waals surface area contributed by atoms with Gasteiger partial charge in [0, 0.05) is 54.8 Å². The first-order valence-electron chi connectivity index (χ1n) is 18.6. The van der Waals surface area contributed by atoms with E-state index < -0.39 is 31.0 Å². The van der Waals surface area contributed by atoms with Crippen molar-refractivity contribution in [2.45, 2.75) is 76.6 Å². The standard InChI is InChI=1S/C42H49N3O8S2/c1-7-54(48,49)28-32-14-19-38(52-33-15-12-30(13-16-33)10-11-31-20-23-44(24-21-31)41(47)53-42(3,4)5)36(26-32)37-27-43(6)40(46)39-35(37)22-25-45(39)55(50,51)34-17-8-29(2)9-18-34/h8-9,12-19,22,25-27,31H,7,10-11,20-21,23-24,28H2,1-6H3. The Labute approximate surface area is 323 Å².